The molecule has 1 aromatic carbocycles. The van der Waals surface area contributed by atoms with Crippen molar-refractivity contribution in [2.24, 2.45) is 5.92 Å². The molecule has 2 unspecified atom stereocenters. The Kier molecular flexibility index (Phi) is 3.22. The maximum absolute atomic E-state index is 11.9. The number of rotatable bonds is 4. The minimum absolute atomic E-state index is 0.0458. The van der Waals surface area contributed by atoms with Gasteiger partial charge in [0.25, 0.3) is 5.91 Å². The topological polar surface area (TPSA) is 58.6 Å². The summed E-state index contributed by atoms with van der Waals surface area (Å²) in [6.45, 7) is 2.11. The van der Waals surface area contributed by atoms with E-state index < -0.39 is 0 Å². The highest BCUT2D eigenvalue weighted by molar-refractivity contribution is 5.97. The average molecular weight is 235 g/mol. The van der Waals surface area contributed by atoms with Crippen LogP contribution in [-0.4, -0.2) is 24.2 Å². The Hall–Kier alpha value is -1.71. The zero-order valence-electron chi connectivity index (χ0n) is 10.1. The number of phenols is 1. The van der Waals surface area contributed by atoms with E-state index in [-0.39, 0.29) is 17.7 Å². The van der Waals surface area contributed by atoms with Crippen molar-refractivity contribution < 1.29 is 14.6 Å². The van der Waals surface area contributed by atoms with Gasteiger partial charge in [-0.1, -0.05) is 13.3 Å². The molecule has 17 heavy (non-hydrogen) atoms. The molecule has 92 valence electrons. The van der Waals surface area contributed by atoms with Gasteiger partial charge in [-0.15, -0.1) is 0 Å². The quantitative estimate of drug-likeness (QED) is 0.838. The van der Waals surface area contributed by atoms with E-state index >= 15 is 0 Å². The number of carbonyl (C=O) groups excluding carboxylic acids is 1. The summed E-state index contributed by atoms with van der Waals surface area (Å²) < 4.78 is 4.97. The fourth-order valence-corrected chi connectivity index (χ4v) is 1.95. The molecule has 2 N–H and O–H groups in total. The molecule has 0 saturated heterocycles. The first-order chi connectivity index (χ1) is 8.15. The molecule has 1 aliphatic carbocycles. The predicted octanol–water partition coefficient (Wildman–Crippen LogP) is 1.93. The monoisotopic (exact) mass is 235 g/mol. The van der Waals surface area contributed by atoms with Crippen LogP contribution in [0.1, 0.15) is 30.1 Å². The summed E-state index contributed by atoms with van der Waals surface area (Å²) >= 11 is 0. The summed E-state index contributed by atoms with van der Waals surface area (Å²) in [5, 5.41) is 12.6. The number of hydrogen-bond acceptors (Lipinski definition) is 3. The van der Waals surface area contributed by atoms with Gasteiger partial charge in [-0.2, -0.15) is 0 Å². The summed E-state index contributed by atoms with van der Waals surface area (Å²) in [5.74, 6) is 0.873. The lowest BCUT2D eigenvalue weighted by Gasteiger charge is -2.07. The third kappa shape index (κ3) is 2.52. The van der Waals surface area contributed by atoms with Crippen molar-refractivity contribution in [2.75, 3.05) is 7.11 Å². The van der Waals surface area contributed by atoms with Crippen LogP contribution in [0.4, 0.5) is 0 Å². The Morgan fingerprint density at radius 1 is 1.59 bits per heavy atom. The number of nitrogens with one attached hydrogen (secondary N) is 1. The van der Waals surface area contributed by atoms with Crippen LogP contribution in [0.3, 0.4) is 0 Å². The number of hydrogen-bond donors (Lipinski definition) is 2. The molecule has 0 spiro atoms. The number of amides is 1. The van der Waals surface area contributed by atoms with Gasteiger partial charge in [-0.3, -0.25) is 4.79 Å². The number of benzene rings is 1. The minimum atomic E-state index is -0.217. The second-order valence-electron chi connectivity index (χ2n) is 4.37. The number of carbonyl (C=O) groups is 1. The van der Waals surface area contributed by atoms with Crippen LogP contribution >= 0.6 is 0 Å². The van der Waals surface area contributed by atoms with Crippen LogP contribution in [0.2, 0.25) is 0 Å². The summed E-state index contributed by atoms with van der Waals surface area (Å²) in [6, 6.07) is 4.96. The molecule has 0 bridgehead atoms. The Morgan fingerprint density at radius 2 is 2.35 bits per heavy atom. The molecule has 2 atom stereocenters. The van der Waals surface area contributed by atoms with Gasteiger partial charge in [0.1, 0.15) is 11.5 Å². The van der Waals surface area contributed by atoms with Gasteiger partial charge in [-0.05, 0) is 24.5 Å². The summed E-state index contributed by atoms with van der Waals surface area (Å²) in [5.41, 5.74) is 0.299. The summed E-state index contributed by atoms with van der Waals surface area (Å²) in [7, 11) is 1.52. The molecule has 0 radical (unpaired) electrons. The lowest BCUT2D eigenvalue weighted by Crippen LogP contribution is -2.26. The fourth-order valence-electron chi connectivity index (χ4n) is 1.95. The first-order valence-corrected chi connectivity index (χ1v) is 5.83. The number of ether oxygens (including phenoxy) is 1. The van der Waals surface area contributed by atoms with E-state index in [1.165, 1.54) is 13.2 Å². The highest BCUT2D eigenvalue weighted by atomic mass is 16.5. The number of aromatic hydroxyl groups is 1. The van der Waals surface area contributed by atoms with Crippen molar-refractivity contribution in [1.29, 1.82) is 0 Å². The van der Waals surface area contributed by atoms with Crippen molar-refractivity contribution in [3.63, 3.8) is 0 Å². The van der Waals surface area contributed by atoms with E-state index in [1.54, 1.807) is 12.1 Å². The van der Waals surface area contributed by atoms with Crippen LogP contribution in [-0.2, 0) is 0 Å². The molecule has 0 aliphatic heterocycles. The van der Waals surface area contributed by atoms with E-state index in [4.69, 9.17) is 4.74 Å². The van der Waals surface area contributed by atoms with Gasteiger partial charge in [0.2, 0.25) is 0 Å². The van der Waals surface area contributed by atoms with E-state index in [2.05, 4.69) is 12.2 Å². The molecule has 1 saturated carbocycles. The lowest BCUT2D eigenvalue weighted by molar-refractivity contribution is 0.0946. The molecule has 4 heteroatoms. The van der Waals surface area contributed by atoms with E-state index in [0.29, 0.717) is 17.2 Å². The third-order valence-corrected chi connectivity index (χ3v) is 3.21. The smallest absolute Gasteiger partial charge is 0.255 e. The van der Waals surface area contributed by atoms with Gasteiger partial charge >= 0.3 is 0 Å². The number of methoxy groups -OCH3 is 1. The van der Waals surface area contributed by atoms with E-state index in [9.17, 15) is 9.90 Å². The summed E-state index contributed by atoms with van der Waals surface area (Å²) in [4.78, 5) is 11.9. The third-order valence-electron chi connectivity index (χ3n) is 3.21. The average Bonchev–Trinajstić information content (AvgIpc) is 3.07. The molecule has 1 aromatic rings. The maximum atomic E-state index is 11.9. The standard InChI is InChI=1S/C13H17NO3/c1-3-8-6-11(8)14-13(16)10-5-4-9(17-2)7-12(10)15/h4-5,7-8,11,15H,3,6H2,1-2H3,(H,14,16). The lowest BCUT2D eigenvalue weighted by atomic mass is 10.1. The Morgan fingerprint density at radius 3 is 2.88 bits per heavy atom. The van der Waals surface area contributed by atoms with Crippen LogP contribution < -0.4 is 10.1 Å². The normalized spacial score (nSPS) is 22.0. The van der Waals surface area contributed by atoms with Crippen molar-refractivity contribution in [3.8, 4) is 11.5 Å². The van der Waals surface area contributed by atoms with Gasteiger partial charge in [0, 0.05) is 12.1 Å². The molecule has 4 nitrogen and oxygen atoms in total. The molecule has 1 fully saturated rings. The van der Waals surface area contributed by atoms with Gasteiger partial charge in [0.05, 0.1) is 12.7 Å². The largest absolute Gasteiger partial charge is 0.507 e. The van der Waals surface area contributed by atoms with Crippen LogP contribution in [0, 0.1) is 5.92 Å². The molecule has 0 heterocycles. The van der Waals surface area contributed by atoms with Crippen LogP contribution in [0.15, 0.2) is 18.2 Å². The second-order valence-corrected chi connectivity index (χ2v) is 4.37. The molecule has 1 aliphatic rings. The SMILES string of the molecule is CCC1CC1NC(=O)c1ccc(OC)cc1O. The Bertz CT molecular complexity index is 431. The van der Waals surface area contributed by atoms with Gasteiger partial charge in [0.15, 0.2) is 0 Å². The van der Waals surface area contributed by atoms with Crippen molar-refractivity contribution >= 4 is 5.91 Å². The summed E-state index contributed by atoms with van der Waals surface area (Å²) in [6.07, 6.45) is 2.12. The first-order valence-electron chi connectivity index (χ1n) is 5.83. The van der Waals surface area contributed by atoms with Crippen molar-refractivity contribution in [2.45, 2.75) is 25.8 Å². The molecule has 0 aromatic heterocycles. The second kappa shape index (κ2) is 4.65. The predicted molar refractivity (Wildman–Crippen MR) is 64.3 cm³/mol. The Labute approximate surface area is 101 Å². The first kappa shape index (κ1) is 11.8. The van der Waals surface area contributed by atoms with Gasteiger partial charge < -0.3 is 15.2 Å². The minimum Gasteiger partial charge on any atom is -0.507 e. The van der Waals surface area contributed by atoms with Crippen molar-refractivity contribution in [1.82, 2.24) is 5.32 Å². The maximum Gasteiger partial charge on any atom is 0.255 e. The fraction of sp³-hybridized carbons (Fsp3) is 0.462. The zero-order chi connectivity index (χ0) is 12.4. The highest BCUT2D eigenvalue weighted by Crippen LogP contribution is 2.34. The van der Waals surface area contributed by atoms with Gasteiger partial charge in [-0.25, -0.2) is 0 Å². The Balaban J connectivity index is 2.04. The zero-order valence-corrected chi connectivity index (χ0v) is 10.1. The van der Waals surface area contributed by atoms with Crippen LogP contribution in [0.25, 0.3) is 0 Å². The number of phenolic OH excluding ortho intramolecular Hbond substituents is 1. The highest BCUT2D eigenvalue weighted by Gasteiger charge is 2.36. The molecular formula is C13H17NO3. The van der Waals surface area contributed by atoms with E-state index in [1.807, 2.05) is 0 Å². The van der Waals surface area contributed by atoms with E-state index in [0.717, 1.165) is 12.8 Å². The molecule has 1 amide bonds. The van der Waals surface area contributed by atoms with Crippen LogP contribution in [0.5, 0.6) is 11.5 Å². The molecular weight excluding hydrogens is 218 g/mol. The van der Waals surface area contributed by atoms with Crippen molar-refractivity contribution in [3.05, 3.63) is 23.8 Å². The molecule has 2 rings (SSSR count).